The van der Waals surface area contributed by atoms with Crippen molar-refractivity contribution in [3.05, 3.63) is 70.3 Å². The Labute approximate surface area is 162 Å². The van der Waals surface area contributed by atoms with E-state index in [1.807, 2.05) is 0 Å². The van der Waals surface area contributed by atoms with Gasteiger partial charge in [-0.25, -0.2) is 8.78 Å². The first-order valence-electron chi connectivity index (χ1n) is 10.7. The molecule has 0 aromatic heterocycles. The third-order valence-corrected chi connectivity index (χ3v) is 6.89. The maximum Gasteiger partial charge on any atom is 0.159 e. The van der Waals surface area contributed by atoms with E-state index < -0.39 is 11.6 Å². The van der Waals surface area contributed by atoms with Gasteiger partial charge in [-0.3, -0.25) is 0 Å². The number of fused-ring (bicyclic) bond motifs is 1. The molecule has 0 nitrogen and oxygen atoms in total. The Balaban J connectivity index is 1.44. The van der Waals surface area contributed by atoms with E-state index in [1.54, 1.807) is 6.07 Å². The van der Waals surface area contributed by atoms with Gasteiger partial charge in [0.1, 0.15) is 0 Å². The summed E-state index contributed by atoms with van der Waals surface area (Å²) in [6, 6.07) is 11.5. The Morgan fingerprint density at radius 3 is 2.26 bits per heavy atom. The van der Waals surface area contributed by atoms with Crippen LogP contribution in [0.2, 0.25) is 0 Å². The zero-order chi connectivity index (χ0) is 18.8. The lowest BCUT2D eigenvalue weighted by Crippen LogP contribution is -2.16. The molecule has 0 aliphatic heterocycles. The van der Waals surface area contributed by atoms with E-state index in [2.05, 4.69) is 25.1 Å². The van der Waals surface area contributed by atoms with Gasteiger partial charge in [0, 0.05) is 0 Å². The van der Waals surface area contributed by atoms with Crippen molar-refractivity contribution in [3.8, 4) is 0 Å². The normalized spacial score (nSPS) is 25.2. The van der Waals surface area contributed by atoms with Crippen LogP contribution in [0.4, 0.5) is 8.78 Å². The summed E-state index contributed by atoms with van der Waals surface area (Å²) in [6.45, 7) is 2.29. The van der Waals surface area contributed by atoms with Gasteiger partial charge in [0.15, 0.2) is 11.6 Å². The molecule has 27 heavy (non-hydrogen) atoms. The van der Waals surface area contributed by atoms with Crippen LogP contribution in [0.1, 0.15) is 86.0 Å². The largest absolute Gasteiger partial charge is 0.204 e. The Morgan fingerprint density at radius 2 is 1.52 bits per heavy atom. The van der Waals surface area contributed by atoms with Gasteiger partial charge in [-0.05, 0) is 97.1 Å². The minimum Gasteiger partial charge on any atom is -0.204 e. The van der Waals surface area contributed by atoms with Gasteiger partial charge in [0.05, 0.1) is 0 Å². The van der Waals surface area contributed by atoms with E-state index >= 15 is 0 Å². The zero-order valence-corrected chi connectivity index (χ0v) is 16.3. The van der Waals surface area contributed by atoms with Gasteiger partial charge in [0.25, 0.3) is 0 Å². The first-order chi connectivity index (χ1) is 13.1. The molecule has 4 rings (SSSR count). The molecular weight excluding hydrogens is 338 g/mol. The molecule has 2 aliphatic rings. The van der Waals surface area contributed by atoms with Gasteiger partial charge in [-0.2, -0.15) is 0 Å². The molecule has 0 N–H and O–H groups in total. The van der Waals surface area contributed by atoms with Crippen LogP contribution in [-0.4, -0.2) is 0 Å². The van der Waals surface area contributed by atoms with Crippen molar-refractivity contribution in [2.75, 3.05) is 0 Å². The van der Waals surface area contributed by atoms with Crippen molar-refractivity contribution in [1.29, 1.82) is 0 Å². The third kappa shape index (κ3) is 4.10. The average molecular weight is 369 g/mol. The lowest BCUT2D eigenvalue weighted by Gasteiger charge is -2.30. The highest BCUT2D eigenvalue weighted by atomic mass is 19.2. The second-order valence-electron chi connectivity index (χ2n) is 8.65. The number of benzene rings is 2. The van der Waals surface area contributed by atoms with E-state index in [4.69, 9.17) is 0 Å². The van der Waals surface area contributed by atoms with Crippen LogP contribution in [0.3, 0.4) is 0 Å². The molecule has 2 aromatic rings. The molecule has 0 bridgehead atoms. The molecule has 1 fully saturated rings. The molecule has 1 atom stereocenters. The molecule has 1 saturated carbocycles. The predicted octanol–water partition coefficient (Wildman–Crippen LogP) is 7.31. The lowest BCUT2D eigenvalue weighted by atomic mass is 9.75. The Kier molecular flexibility index (Phi) is 5.61. The topological polar surface area (TPSA) is 0 Å². The number of hydrogen-bond donors (Lipinski definition) is 0. The van der Waals surface area contributed by atoms with Gasteiger partial charge in [-0.1, -0.05) is 44.0 Å². The smallest absolute Gasteiger partial charge is 0.159 e. The fraction of sp³-hybridized carbons (Fsp3) is 0.520. The summed E-state index contributed by atoms with van der Waals surface area (Å²) in [4.78, 5) is 0. The van der Waals surface area contributed by atoms with E-state index in [-0.39, 0.29) is 0 Å². The minimum atomic E-state index is -0.756. The fourth-order valence-corrected chi connectivity index (χ4v) is 5.27. The Hall–Kier alpha value is -1.70. The monoisotopic (exact) mass is 368 g/mol. The lowest BCUT2D eigenvalue weighted by molar-refractivity contribution is 0.308. The molecule has 0 amide bonds. The third-order valence-electron chi connectivity index (χ3n) is 6.89. The van der Waals surface area contributed by atoms with Gasteiger partial charge < -0.3 is 0 Å². The second-order valence-corrected chi connectivity index (χ2v) is 8.65. The Bertz CT molecular complexity index is 787. The van der Waals surface area contributed by atoms with E-state index in [0.29, 0.717) is 5.92 Å². The Morgan fingerprint density at radius 1 is 0.778 bits per heavy atom. The van der Waals surface area contributed by atoms with Crippen molar-refractivity contribution >= 4 is 0 Å². The predicted molar refractivity (Wildman–Crippen MR) is 107 cm³/mol. The van der Waals surface area contributed by atoms with Crippen LogP contribution in [0.5, 0.6) is 0 Å². The van der Waals surface area contributed by atoms with Crippen molar-refractivity contribution in [2.24, 2.45) is 5.92 Å². The summed E-state index contributed by atoms with van der Waals surface area (Å²) in [7, 11) is 0. The summed E-state index contributed by atoms with van der Waals surface area (Å²) in [5.41, 5.74) is 5.31. The summed E-state index contributed by atoms with van der Waals surface area (Å²) in [5, 5.41) is 0. The minimum absolute atomic E-state index is 0.294. The molecule has 2 aromatic carbocycles. The van der Waals surface area contributed by atoms with Crippen molar-refractivity contribution in [1.82, 2.24) is 0 Å². The molecule has 0 spiro atoms. The summed E-state index contributed by atoms with van der Waals surface area (Å²) in [6.07, 6.45) is 11.1. The number of aryl methyl sites for hydroxylation is 1. The highest BCUT2D eigenvalue weighted by Crippen LogP contribution is 2.40. The van der Waals surface area contributed by atoms with E-state index in [1.165, 1.54) is 67.3 Å². The van der Waals surface area contributed by atoms with Crippen LogP contribution in [0, 0.1) is 17.6 Å². The van der Waals surface area contributed by atoms with Crippen LogP contribution in [-0.2, 0) is 12.8 Å². The first-order valence-corrected chi connectivity index (χ1v) is 10.7. The van der Waals surface area contributed by atoms with Gasteiger partial charge in [0.2, 0.25) is 0 Å². The highest BCUT2D eigenvalue weighted by Gasteiger charge is 2.25. The molecular formula is C25H30F2. The SMILES string of the molecule is CCCC1CCC(c2ccc3c(c2)CCC(c2ccc(F)c(F)c2)C3)CC1. The van der Waals surface area contributed by atoms with Crippen LogP contribution < -0.4 is 0 Å². The maximum atomic E-state index is 13.6. The quantitative estimate of drug-likeness (QED) is 0.530. The first kappa shape index (κ1) is 18.7. The number of hydrogen-bond acceptors (Lipinski definition) is 0. The van der Waals surface area contributed by atoms with Gasteiger partial charge in [-0.15, -0.1) is 0 Å². The fourth-order valence-electron chi connectivity index (χ4n) is 5.27. The molecule has 0 heterocycles. The van der Waals surface area contributed by atoms with E-state index in [0.717, 1.165) is 36.7 Å². The molecule has 2 heteroatoms. The molecule has 0 radical (unpaired) electrons. The number of halogens is 2. The van der Waals surface area contributed by atoms with Gasteiger partial charge >= 0.3 is 0 Å². The summed E-state index contributed by atoms with van der Waals surface area (Å²) >= 11 is 0. The zero-order valence-electron chi connectivity index (χ0n) is 16.3. The molecule has 144 valence electrons. The standard InChI is InChI=1S/C25H30F2/c1-2-3-17-4-6-18(7-5-17)19-8-9-21-15-22(11-10-20(21)14-19)23-12-13-24(26)25(27)16-23/h8-9,12-14,16-18,22H,2-7,10-11,15H2,1H3. The summed E-state index contributed by atoms with van der Waals surface area (Å²) in [5.74, 6) is 0.483. The number of rotatable bonds is 4. The molecule has 1 unspecified atom stereocenters. The van der Waals surface area contributed by atoms with Crippen LogP contribution in [0.15, 0.2) is 36.4 Å². The summed E-state index contributed by atoms with van der Waals surface area (Å²) < 4.78 is 26.8. The molecule has 2 aliphatic carbocycles. The van der Waals surface area contributed by atoms with Crippen molar-refractivity contribution < 1.29 is 8.78 Å². The second kappa shape index (κ2) is 8.12. The maximum absolute atomic E-state index is 13.6. The van der Waals surface area contributed by atoms with Crippen LogP contribution >= 0.6 is 0 Å². The van der Waals surface area contributed by atoms with Crippen molar-refractivity contribution in [2.45, 2.75) is 76.5 Å². The average Bonchev–Trinajstić information content (AvgIpc) is 2.70. The van der Waals surface area contributed by atoms with E-state index in [9.17, 15) is 8.78 Å². The highest BCUT2D eigenvalue weighted by molar-refractivity contribution is 5.38. The molecule has 0 saturated heterocycles. The van der Waals surface area contributed by atoms with Crippen molar-refractivity contribution in [3.63, 3.8) is 0 Å². The van der Waals surface area contributed by atoms with Crippen LogP contribution in [0.25, 0.3) is 0 Å².